The molecule has 0 unspecified atom stereocenters. The van der Waals surface area contributed by atoms with Crippen molar-refractivity contribution in [2.45, 2.75) is 27.7 Å². The van der Waals surface area contributed by atoms with Gasteiger partial charge in [-0.25, -0.2) is 4.98 Å². The lowest BCUT2D eigenvalue weighted by Crippen LogP contribution is -2.25. The summed E-state index contributed by atoms with van der Waals surface area (Å²) in [5.74, 6) is 2.72. The van der Waals surface area contributed by atoms with Gasteiger partial charge in [-0.1, -0.05) is 27.7 Å². The second-order valence-corrected chi connectivity index (χ2v) is 5.37. The van der Waals surface area contributed by atoms with E-state index in [1.807, 2.05) is 10.6 Å². The van der Waals surface area contributed by atoms with Gasteiger partial charge in [0.1, 0.15) is 6.33 Å². The van der Waals surface area contributed by atoms with Gasteiger partial charge in [-0.3, -0.25) is 4.40 Å². The maximum atomic E-state index is 4.34. The monoisotopic (exact) mass is 247 g/mol. The van der Waals surface area contributed by atoms with E-state index in [-0.39, 0.29) is 0 Å². The van der Waals surface area contributed by atoms with E-state index in [4.69, 9.17) is 0 Å². The van der Waals surface area contributed by atoms with E-state index >= 15 is 0 Å². The average Bonchev–Trinajstić information content (AvgIpc) is 2.77. The third-order valence-corrected chi connectivity index (χ3v) is 3.43. The van der Waals surface area contributed by atoms with Crippen molar-refractivity contribution in [1.29, 1.82) is 0 Å². The molecular formula is C13H21N5. The Labute approximate surface area is 108 Å². The summed E-state index contributed by atoms with van der Waals surface area (Å²) in [5.41, 5.74) is 0.781. The second-order valence-electron chi connectivity index (χ2n) is 5.37. The van der Waals surface area contributed by atoms with Gasteiger partial charge >= 0.3 is 0 Å². The van der Waals surface area contributed by atoms with Gasteiger partial charge in [0.25, 0.3) is 0 Å². The molecule has 0 aliphatic heterocycles. The van der Waals surface area contributed by atoms with Crippen LogP contribution in [0.2, 0.25) is 0 Å². The summed E-state index contributed by atoms with van der Waals surface area (Å²) < 4.78 is 1.87. The van der Waals surface area contributed by atoms with Gasteiger partial charge in [-0.2, -0.15) is 0 Å². The first-order valence-corrected chi connectivity index (χ1v) is 6.47. The van der Waals surface area contributed by atoms with Crippen LogP contribution in [0.25, 0.3) is 5.65 Å². The van der Waals surface area contributed by atoms with E-state index in [1.54, 1.807) is 12.5 Å². The summed E-state index contributed by atoms with van der Waals surface area (Å²) in [6.45, 7) is 9.96. The lowest BCUT2D eigenvalue weighted by Gasteiger charge is -2.25. The smallest absolute Gasteiger partial charge is 0.203 e. The third kappa shape index (κ3) is 2.60. The molecule has 0 radical (unpaired) electrons. The maximum Gasteiger partial charge on any atom is 0.203 e. The quantitative estimate of drug-likeness (QED) is 0.881. The number of hydrogen-bond donors (Lipinski definition) is 1. The second kappa shape index (κ2) is 5.33. The van der Waals surface area contributed by atoms with E-state index in [2.05, 4.69) is 48.2 Å². The SMILES string of the molecule is CC(C)C(CNc1nccn2cnnc12)C(C)C. The highest BCUT2D eigenvalue weighted by atomic mass is 15.2. The molecule has 2 aromatic rings. The van der Waals surface area contributed by atoms with Gasteiger partial charge in [0, 0.05) is 18.9 Å². The molecule has 0 spiro atoms. The molecule has 5 nitrogen and oxygen atoms in total. The topological polar surface area (TPSA) is 55.1 Å². The maximum absolute atomic E-state index is 4.34. The fourth-order valence-electron chi connectivity index (χ4n) is 2.34. The minimum absolute atomic E-state index is 0.620. The molecule has 5 heteroatoms. The van der Waals surface area contributed by atoms with Crippen LogP contribution in [0.5, 0.6) is 0 Å². The summed E-state index contributed by atoms with van der Waals surface area (Å²) in [5, 5.41) is 11.4. The van der Waals surface area contributed by atoms with E-state index < -0.39 is 0 Å². The minimum atomic E-state index is 0.620. The summed E-state index contributed by atoms with van der Waals surface area (Å²) in [4.78, 5) is 4.34. The van der Waals surface area contributed by atoms with E-state index in [0.717, 1.165) is 18.0 Å². The number of aromatic nitrogens is 4. The largest absolute Gasteiger partial charge is 0.367 e. The van der Waals surface area contributed by atoms with E-state index in [9.17, 15) is 0 Å². The molecule has 98 valence electrons. The lowest BCUT2D eigenvalue weighted by molar-refractivity contribution is 0.304. The fourth-order valence-corrected chi connectivity index (χ4v) is 2.34. The number of fused-ring (bicyclic) bond motifs is 1. The van der Waals surface area contributed by atoms with Crippen molar-refractivity contribution >= 4 is 11.5 Å². The van der Waals surface area contributed by atoms with Crippen molar-refractivity contribution < 1.29 is 0 Å². The molecule has 18 heavy (non-hydrogen) atoms. The van der Waals surface area contributed by atoms with Gasteiger partial charge in [-0.15, -0.1) is 10.2 Å². The molecule has 0 fully saturated rings. The first-order chi connectivity index (χ1) is 8.59. The lowest BCUT2D eigenvalue weighted by atomic mass is 9.85. The Hall–Kier alpha value is -1.65. The summed E-state index contributed by atoms with van der Waals surface area (Å²) >= 11 is 0. The first kappa shape index (κ1) is 12.8. The number of nitrogens with one attached hydrogen (secondary N) is 1. The van der Waals surface area contributed by atoms with Crippen molar-refractivity contribution in [3.05, 3.63) is 18.7 Å². The molecule has 0 atom stereocenters. The zero-order chi connectivity index (χ0) is 13.1. The Morgan fingerprint density at radius 2 is 1.94 bits per heavy atom. The number of rotatable bonds is 5. The van der Waals surface area contributed by atoms with Gasteiger partial charge in [0.2, 0.25) is 5.65 Å². The molecule has 0 aliphatic carbocycles. The zero-order valence-corrected chi connectivity index (χ0v) is 11.5. The zero-order valence-electron chi connectivity index (χ0n) is 11.5. The predicted octanol–water partition coefficient (Wildman–Crippen LogP) is 2.46. The Morgan fingerprint density at radius 3 is 2.61 bits per heavy atom. The van der Waals surface area contributed by atoms with Crippen molar-refractivity contribution in [3.63, 3.8) is 0 Å². The minimum Gasteiger partial charge on any atom is -0.367 e. The molecular weight excluding hydrogens is 226 g/mol. The standard InChI is InChI=1S/C13H21N5/c1-9(2)11(10(3)4)7-15-12-13-17-16-8-18(13)6-5-14-12/h5-6,8-11H,7H2,1-4H3,(H,14,15). The van der Waals surface area contributed by atoms with Gasteiger partial charge in [-0.05, 0) is 17.8 Å². The van der Waals surface area contributed by atoms with E-state index in [0.29, 0.717) is 17.8 Å². The van der Waals surface area contributed by atoms with Gasteiger partial charge < -0.3 is 5.32 Å². The summed E-state index contributed by atoms with van der Waals surface area (Å²) in [7, 11) is 0. The summed E-state index contributed by atoms with van der Waals surface area (Å²) in [6.07, 6.45) is 5.30. The van der Waals surface area contributed by atoms with Crippen LogP contribution in [0.4, 0.5) is 5.82 Å². The molecule has 1 N–H and O–H groups in total. The Morgan fingerprint density at radius 1 is 1.22 bits per heavy atom. The van der Waals surface area contributed by atoms with Crippen molar-refractivity contribution in [2.75, 3.05) is 11.9 Å². The average molecular weight is 247 g/mol. The molecule has 0 saturated carbocycles. The van der Waals surface area contributed by atoms with Crippen molar-refractivity contribution in [1.82, 2.24) is 19.6 Å². The van der Waals surface area contributed by atoms with Gasteiger partial charge in [0.15, 0.2) is 5.82 Å². The Bertz CT molecular complexity index is 495. The van der Waals surface area contributed by atoms with Crippen LogP contribution in [-0.4, -0.2) is 26.1 Å². The number of anilines is 1. The Balaban J connectivity index is 2.12. The molecule has 0 bridgehead atoms. The summed E-state index contributed by atoms with van der Waals surface area (Å²) in [6, 6.07) is 0. The molecule has 0 saturated heterocycles. The molecule has 2 aromatic heterocycles. The molecule has 0 aromatic carbocycles. The van der Waals surface area contributed by atoms with Crippen molar-refractivity contribution in [3.8, 4) is 0 Å². The highest BCUT2D eigenvalue weighted by Crippen LogP contribution is 2.21. The molecule has 0 aliphatic rings. The number of nitrogens with zero attached hydrogens (tertiary/aromatic N) is 4. The third-order valence-electron chi connectivity index (χ3n) is 3.43. The van der Waals surface area contributed by atoms with Crippen LogP contribution in [0, 0.1) is 17.8 Å². The number of hydrogen-bond acceptors (Lipinski definition) is 4. The van der Waals surface area contributed by atoms with Crippen LogP contribution >= 0.6 is 0 Å². The predicted molar refractivity (Wildman–Crippen MR) is 72.4 cm³/mol. The van der Waals surface area contributed by atoms with Crippen LogP contribution in [-0.2, 0) is 0 Å². The molecule has 0 amide bonds. The van der Waals surface area contributed by atoms with Crippen LogP contribution in [0.1, 0.15) is 27.7 Å². The van der Waals surface area contributed by atoms with Crippen LogP contribution in [0.15, 0.2) is 18.7 Å². The normalized spacial score (nSPS) is 11.9. The van der Waals surface area contributed by atoms with Crippen molar-refractivity contribution in [2.24, 2.45) is 17.8 Å². The molecule has 2 rings (SSSR count). The fraction of sp³-hybridized carbons (Fsp3) is 0.615. The Kier molecular flexibility index (Phi) is 3.79. The van der Waals surface area contributed by atoms with Gasteiger partial charge in [0.05, 0.1) is 0 Å². The molecule has 2 heterocycles. The highest BCUT2D eigenvalue weighted by molar-refractivity contribution is 5.61. The van der Waals surface area contributed by atoms with Crippen LogP contribution < -0.4 is 5.32 Å². The highest BCUT2D eigenvalue weighted by Gasteiger charge is 2.17. The van der Waals surface area contributed by atoms with E-state index in [1.165, 1.54) is 0 Å². The first-order valence-electron chi connectivity index (χ1n) is 6.47. The van der Waals surface area contributed by atoms with Crippen LogP contribution in [0.3, 0.4) is 0 Å².